The largest absolute Gasteiger partial charge is 0.462 e. The lowest BCUT2D eigenvalue weighted by atomic mass is 10.1. The molecular formula is C22H32N5O9P. The number of aliphatic hydroxyl groups is 2. The van der Waals surface area contributed by atoms with Crippen LogP contribution in [0.25, 0.3) is 0 Å². The van der Waals surface area contributed by atoms with Gasteiger partial charge in [0.05, 0.1) is 19.3 Å². The molecule has 15 heteroatoms. The topological polar surface area (TPSA) is 197 Å². The Morgan fingerprint density at radius 3 is 2.59 bits per heavy atom. The zero-order chi connectivity index (χ0) is 27.3. The fourth-order valence-corrected chi connectivity index (χ4v) is 4.92. The second-order valence-corrected chi connectivity index (χ2v) is 10.5. The van der Waals surface area contributed by atoms with Crippen LogP contribution in [-0.4, -0.2) is 67.8 Å². The minimum absolute atomic E-state index is 0.111. The zero-order valence-electron chi connectivity index (χ0n) is 20.9. The van der Waals surface area contributed by atoms with Gasteiger partial charge in [-0.15, -0.1) is 0 Å². The van der Waals surface area contributed by atoms with E-state index in [-0.39, 0.29) is 12.6 Å². The predicted molar refractivity (Wildman–Crippen MR) is 130 cm³/mol. The van der Waals surface area contributed by atoms with Crippen LogP contribution in [0.3, 0.4) is 0 Å². The molecule has 0 unspecified atom stereocenters. The van der Waals surface area contributed by atoms with Crippen LogP contribution >= 0.6 is 7.75 Å². The standard InChI is InChI=1S/C22H32N5O9P/c1-12(2)35-20(30)14(4)26-37(32,33-9-15-8-6-5-7-13(15)3)34-10-16-17(28)18(29)19(36-16)27-11-24-21(23)25-22(27)31/h5-8,11-12,14,16-19,28-29H,9-10H2,1-4H3,(H,26,32)(H2,23,25,31)/t14-,16+,17+,18+,19+,37-/m0/s1. The number of esters is 1. The molecule has 3 rings (SSSR count). The Hall–Kier alpha value is -2.71. The van der Waals surface area contributed by atoms with Crippen molar-refractivity contribution in [3.8, 4) is 0 Å². The van der Waals surface area contributed by atoms with Crippen molar-refractivity contribution in [3.63, 3.8) is 0 Å². The van der Waals surface area contributed by atoms with E-state index in [2.05, 4.69) is 15.1 Å². The number of rotatable bonds is 11. The number of aryl methyl sites for hydroxylation is 1. The summed E-state index contributed by atoms with van der Waals surface area (Å²) in [5.74, 6) is -0.939. The lowest BCUT2D eigenvalue weighted by molar-refractivity contribution is -0.149. The van der Waals surface area contributed by atoms with E-state index in [0.717, 1.165) is 22.0 Å². The van der Waals surface area contributed by atoms with Crippen molar-refractivity contribution < 1.29 is 38.1 Å². The third-order valence-corrected chi connectivity index (χ3v) is 7.14. The minimum Gasteiger partial charge on any atom is -0.462 e. The molecule has 1 saturated heterocycles. The molecule has 37 heavy (non-hydrogen) atoms. The highest BCUT2D eigenvalue weighted by molar-refractivity contribution is 7.51. The Morgan fingerprint density at radius 1 is 1.24 bits per heavy atom. The molecule has 2 heterocycles. The van der Waals surface area contributed by atoms with Gasteiger partial charge in [0.2, 0.25) is 5.95 Å². The van der Waals surface area contributed by atoms with Crippen molar-refractivity contribution in [1.29, 1.82) is 0 Å². The van der Waals surface area contributed by atoms with E-state index in [1.165, 1.54) is 6.92 Å². The second-order valence-electron chi connectivity index (χ2n) is 8.78. The number of nitrogens with one attached hydrogen (secondary N) is 1. The molecule has 2 aromatic rings. The molecule has 0 radical (unpaired) electrons. The first-order valence-corrected chi connectivity index (χ1v) is 13.1. The molecule has 1 aromatic heterocycles. The third-order valence-electron chi connectivity index (χ3n) is 5.47. The molecule has 0 amide bonds. The number of aromatic nitrogens is 3. The molecule has 1 aromatic carbocycles. The smallest absolute Gasteiger partial charge is 0.406 e. The van der Waals surface area contributed by atoms with Crippen molar-refractivity contribution in [2.75, 3.05) is 12.3 Å². The predicted octanol–water partition coefficient (Wildman–Crippen LogP) is 0.419. The lowest BCUT2D eigenvalue weighted by Gasteiger charge is -2.25. The van der Waals surface area contributed by atoms with Crippen LogP contribution in [-0.2, 0) is 34.5 Å². The Kier molecular flexibility index (Phi) is 9.53. The molecule has 204 valence electrons. The maximum atomic E-state index is 13.6. The normalized spacial score (nSPS) is 24.1. The van der Waals surface area contributed by atoms with Gasteiger partial charge in [0.1, 0.15) is 30.7 Å². The molecule has 0 spiro atoms. The van der Waals surface area contributed by atoms with Crippen LogP contribution < -0.4 is 16.5 Å². The van der Waals surface area contributed by atoms with E-state index in [9.17, 15) is 24.4 Å². The number of carbonyl (C=O) groups is 1. The van der Waals surface area contributed by atoms with Gasteiger partial charge in [-0.05, 0) is 38.8 Å². The molecule has 1 aliphatic rings. The summed E-state index contributed by atoms with van der Waals surface area (Å²) in [4.78, 5) is 31.6. The number of anilines is 1. The summed E-state index contributed by atoms with van der Waals surface area (Å²) in [5.41, 5.74) is 6.16. The number of nitrogens with two attached hydrogens (primary N) is 1. The van der Waals surface area contributed by atoms with Gasteiger partial charge >= 0.3 is 19.4 Å². The average molecular weight is 541 g/mol. The first-order valence-electron chi connectivity index (χ1n) is 11.5. The van der Waals surface area contributed by atoms with E-state index in [4.69, 9.17) is 24.3 Å². The van der Waals surface area contributed by atoms with E-state index < -0.39 is 62.7 Å². The SMILES string of the molecule is Cc1ccccc1CO[P@@](=O)(N[C@@H](C)C(=O)OC(C)C)OC[C@H]1O[C@@H](n2cnc(N)nc2=O)[C@H](O)[C@@H]1O. The molecule has 6 atom stereocenters. The van der Waals surface area contributed by atoms with Crippen LogP contribution in [0.1, 0.15) is 38.1 Å². The van der Waals surface area contributed by atoms with Gasteiger partial charge < -0.3 is 25.4 Å². The number of nitrogens with zero attached hydrogens (tertiary/aromatic N) is 3. The van der Waals surface area contributed by atoms with Gasteiger partial charge in [-0.1, -0.05) is 24.3 Å². The molecule has 0 saturated carbocycles. The minimum atomic E-state index is -4.20. The number of hydrogen-bond acceptors (Lipinski definition) is 12. The summed E-state index contributed by atoms with van der Waals surface area (Å²) in [6, 6.07) is 6.21. The molecule has 1 fully saturated rings. The number of aliphatic hydroxyl groups excluding tert-OH is 2. The summed E-state index contributed by atoms with van der Waals surface area (Å²) in [7, 11) is -4.20. The summed E-state index contributed by atoms with van der Waals surface area (Å²) >= 11 is 0. The highest BCUT2D eigenvalue weighted by atomic mass is 31.2. The highest BCUT2D eigenvalue weighted by Gasteiger charge is 2.45. The van der Waals surface area contributed by atoms with Gasteiger partial charge in [0, 0.05) is 0 Å². The van der Waals surface area contributed by atoms with E-state index in [0.29, 0.717) is 0 Å². The number of nitrogen functional groups attached to an aromatic ring is 1. The molecule has 0 bridgehead atoms. The van der Waals surface area contributed by atoms with Gasteiger partial charge in [-0.2, -0.15) is 4.98 Å². The molecule has 5 N–H and O–H groups in total. The Bertz CT molecular complexity index is 1190. The summed E-state index contributed by atoms with van der Waals surface area (Å²) in [6.45, 7) is 6.00. The van der Waals surface area contributed by atoms with Gasteiger partial charge in [-0.25, -0.2) is 19.4 Å². The van der Waals surface area contributed by atoms with Gasteiger partial charge in [0.25, 0.3) is 0 Å². The number of ether oxygens (including phenoxy) is 2. The Labute approximate surface area is 213 Å². The van der Waals surface area contributed by atoms with Crippen molar-refractivity contribution >= 4 is 19.7 Å². The van der Waals surface area contributed by atoms with E-state index >= 15 is 0 Å². The maximum Gasteiger partial charge on any atom is 0.406 e. The van der Waals surface area contributed by atoms with Crippen LogP contribution in [0.5, 0.6) is 0 Å². The quantitative estimate of drug-likeness (QED) is 0.226. The molecule has 1 aliphatic heterocycles. The van der Waals surface area contributed by atoms with Gasteiger partial charge in [-0.3, -0.25) is 18.4 Å². The van der Waals surface area contributed by atoms with Crippen LogP contribution in [0.4, 0.5) is 5.95 Å². The van der Waals surface area contributed by atoms with Crippen molar-refractivity contribution in [1.82, 2.24) is 19.6 Å². The van der Waals surface area contributed by atoms with E-state index in [1.54, 1.807) is 26.0 Å². The monoisotopic (exact) mass is 541 g/mol. The number of benzene rings is 1. The van der Waals surface area contributed by atoms with Crippen molar-refractivity contribution in [2.24, 2.45) is 0 Å². The zero-order valence-corrected chi connectivity index (χ0v) is 21.8. The number of hydrogen-bond donors (Lipinski definition) is 4. The Morgan fingerprint density at radius 2 is 1.95 bits per heavy atom. The first kappa shape index (κ1) is 28.9. The van der Waals surface area contributed by atoms with Gasteiger partial charge in [0.15, 0.2) is 6.23 Å². The van der Waals surface area contributed by atoms with Crippen LogP contribution in [0.2, 0.25) is 0 Å². The van der Waals surface area contributed by atoms with Crippen LogP contribution in [0, 0.1) is 6.92 Å². The van der Waals surface area contributed by atoms with Crippen molar-refractivity contribution in [3.05, 3.63) is 52.2 Å². The summed E-state index contributed by atoms with van der Waals surface area (Å²) in [6.07, 6.45) is -5.03. The summed E-state index contributed by atoms with van der Waals surface area (Å²) in [5, 5.41) is 23.5. The van der Waals surface area contributed by atoms with Crippen LogP contribution in [0.15, 0.2) is 35.4 Å². The lowest BCUT2D eigenvalue weighted by Crippen LogP contribution is -2.38. The van der Waals surface area contributed by atoms with E-state index in [1.807, 2.05) is 19.1 Å². The second kappa shape index (κ2) is 12.2. The first-order chi connectivity index (χ1) is 17.4. The summed E-state index contributed by atoms with van der Waals surface area (Å²) < 4.78 is 36.4. The molecule has 14 nitrogen and oxygen atoms in total. The van der Waals surface area contributed by atoms with Crippen molar-refractivity contribution in [2.45, 2.75) is 71.0 Å². The Balaban J connectivity index is 1.74. The maximum absolute atomic E-state index is 13.6. The third kappa shape index (κ3) is 7.42. The number of carbonyl (C=O) groups excluding carboxylic acids is 1. The fraction of sp³-hybridized carbons (Fsp3) is 0.545. The average Bonchev–Trinajstić information content (AvgIpc) is 3.10. The molecule has 0 aliphatic carbocycles. The highest BCUT2D eigenvalue weighted by Crippen LogP contribution is 2.46. The fourth-order valence-electron chi connectivity index (χ4n) is 3.46. The molecular weight excluding hydrogens is 509 g/mol.